The standard InChI is InChI=1S/C21H27F2N3O3.HI/c1-4-24-21(25-8-7-14-9-16(22)5-6-19(14)23)26-13-20(27)15-10-17(28-2)12-18(11-15)29-3;/h5-6,9-12,20,27H,4,7-8,13H2,1-3H3,(H2,24,25,26);1H. The summed E-state index contributed by atoms with van der Waals surface area (Å²) < 4.78 is 37.4. The van der Waals surface area contributed by atoms with Crippen LogP contribution >= 0.6 is 24.0 Å². The second-order valence-corrected chi connectivity index (χ2v) is 6.29. The Bertz CT molecular complexity index is 815. The van der Waals surface area contributed by atoms with E-state index >= 15 is 0 Å². The first-order chi connectivity index (χ1) is 14.0. The van der Waals surface area contributed by atoms with Crippen molar-refractivity contribution in [1.29, 1.82) is 0 Å². The first kappa shape index (κ1) is 25.9. The smallest absolute Gasteiger partial charge is 0.191 e. The molecule has 3 N–H and O–H groups in total. The lowest BCUT2D eigenvalue weighted by atomic mass is 10.1. The number of hydrogen-bond acceptors (Lipinski definition) is 4. The van der Waals surface area contributed by atoms with Crippen LogP contribution in [0.15, 0.2) is 41.4 Å². The van der Waals surface area contributed by atoms with Gasteiger partial charge in [-0.2, -0.15) is 0 Å². The molecule has 30 heavy (non-hydrogen) atoms. The van der Waals surface area contributed by atoms with E-state index in [9.17, 15) is 13.9 Å². The van der Waals surface area contributed by atoms with Crippen LogP contribution in [-0.4, -0.2) is 44.9 Å². The van der Waals surface area contributed by atoms with Crippen molar-refractivity contribution in [1.82, 2.24) is 10.6 Å². The van der Waals surface area contributed by atoms with Gasteiger partial charge >= 0.3 is 0 Å². The predicted octanol–water partition coefficient (Wildman–Crippen LogP) is 3.43. The normalized spacial score (nSPS) is 12.0. The highest BCUT2D eigenvalue weighted by Crippen LogP contribution is 2.26. The average molecular weight is 535 g/mol. The molecule has 166 valence electrons. The number of guanidine groups is 1. The van der Waals surface area contributed by atoms with E-state index in [0.717, 1.165) is 12.1 Å². The molecular weight excluding hydrogens is 507 g/mol. The lowest BCUT2D eigenvalue weighted by Crippen LogP contribution is -2.38. The number of ether oxygens (including phenoxy) is 2. The van der Waals surface area contributed by atoms with Crippen molar-refractivity contribution >= 4 is 29.9 Å². The third kappa shape index (κ3) is 7.94. The topological polar surface area (TPSA) is 75.1 Å². The fourth-order valence-corrected chi connectivity index (χ4v) is 2.70. The van der Waals surface area contributed by atoms with Crippen molar-refractivity contribution in [2.24, 2.45) is 4.99 Å². The summed E-state index contributed by atoms with van der Waals surface area (Å²) in [5.41, 5.74) is 0.902. The van der Waals surface area contributed by atoms with Gasteiger partial charge < -0.3 is 25.2 Å². The van der Waals surface area contributed by atoms with Crippen molar-refractivity contribution < 1.29 is 23.4 Å². The van der Waals surface area contributed by atoms with E-state index in [4.69, 9.17) is 9.47 Å². The van der Waals surface area contributed by atoms with E-state index < -0.39 is 17.7 Å². The van der Waals surface area contributed by atoms with Crippen LogP contribution in [0.2, 0.25) is 0 Å². The van der Waals surface area contributed by atoms with E-state index in [2.05, 4.69) is 15.6 Å². The van der Waals surface area contributed by atoms with E-state index in [1.54, 1.807) is 18.2 Å². The largest absolute Gasteiger partial charge is 0.497 e. The van der Waals surface area contributed by atoms with Crippen LogP contribution in [0.25, 0.3) is 0 Å². The number of aliphatic hydroxyl groups excluding tert-OH is 1. The molecule has 0 aromatic heterocycles. The van der Waals surface area contributed by atoms with Crippen molar-refractivity contribution in [2.75, 3.05) is 33.9 Å². The number of hydrogen-bond donors (Lipinski definition) is 3. The zero-order valence-corrected chi connectivity index (χ0v) is 19.6. The summed E-state index contributed by atoms with van der Waals surface area (Å²) in [6.45, 7) is 2.98. The lowest BCUT2D eigenvalue weighted by Gasteiger charge is -2.15. The van der Waals surface area contributed by atoms with Crippen molar-refractivity contribution in [2.45, 2.75) is 19.4 Å². The van der Waals surface area contributed by atoms with Crippen molar-refractivity contribution in [3.63, 3.8) is 0 Å². The zero-order valence-electron chi connectivity index (χ0n) is 17.2. The molecule has 6 nitrogen and oxygen atoms in total. The first-order valence-electron chi connectivity index (χ1n) is 9.34. The van der Waals surface area contributed by atoms with Gasteiger partial charge in [0.1, 0.15) is 23.1 Å². The summed E-state index contributed by atoms with van der Waals surface area (Å²) in [5, 5.41) is 16.6. The third-order valence-electron chi connectivity index (χ3n) is 4.22. The van der Waals surface area contributed by atoms with Crippen molar-refractivity contribution in [3.8, 4) is 11.5 Å². The monoisotopic (exact) mass is 535 g/mol. The van der Waals surface area contributed by atoms with Crippen molar-refractivity contribution in [3.05, 3.63) is 59.2 Å². The molecule has 9 heteroatoms. The Morgan fingerprint density at radius 1 is 1.07 bits per heavy atom. The molecule has 1 unspecified atom stereocenters. The summed E-state index contributed by atoms with van der Waals surface area (Å²) in [6, 6.07) is 8.54. The van der Waals surface area contributed by atoms with Gasteiger partial charge in [0, 0.05) is 19.2 Å². The molecule has 2 rings (SSSR count). The van der Waals surface area contributed by atoms with Gasteiger partial charge in [0.2, 0.25) is 0 Å². The Kier molecular flexibility index (Phi) is 11.4. The molecule has 1 atom stereocenters. The maximum Gasteiger partial charge on any atom is 0.191 e. The third-order valence-corrected chi connectivity index (χ3v) is 4.22. The molecule has 0 saturated heterocycles. The summed E-state index contributed by atoms with van der Waals surface area (Å²) in [7, 11) is 3.08. The Morgan fingerprint density at radius 2 is 1.73 bits per heavy atom. The van der Waals surface area contributed by atoms with Gasteiger partial charge in [-0.25, -0.2) is 8.78 Å². The average Bonchev–Trinajstić information content (AvgIpc) is 2.73. The van der Waals surface area contributed by atoms with E-state index in [1.807, 2.05) is 6.92 Å². The second kappa shape index (κ2) is 13.2. The lowest BCUT2D eigenvalue weighted by molar-refractivity contribution is 0.186. The van der Waals surface area contributed by atoms with Crippen LogP contribution in [-0.2, 0) is 6.42 Å². The van der Waals surface area contributed by atoms with Gasteiger partial charge in [0.25, 0.3) is 0 Å². The summed E-state index contributed by atoms with van der Waals surface area (Å²) >= 11 is 0. The Balaban J connectivity index is 0.00000450. The Morgan fingerprint density at radius 3 is 2.33 bits per heavy atom. The number of aliphatic imine (C=N–C) groups is 1. The number of benzene rings is 2. The van der Waals surface area contributed by atoms with Gasteiger partial charge in [-0.3, -0.25) is 4.99 Å². The zero-order chi connectivity index (χ0) is 21.2. The molecule has 0 aliphatic carbocycles. The molecule has 0 radical (unpaired) electrons. The van der Waals surface area contributed by atoms with Gasteiger partial charge in [-0.15, -0.1) is 24.0 Å². The molecule has 0 bridgehead atoms. The molecule has 0 aliphatic rings. The first-order valence-corrected chi connectivity index (χ1v) is 9.34. The molecule has 2 aromatic rings. The summed E-state index contributed by atoms with van der Waals surface area (Å²) in [6.07, 6.45) is -0.570. The van der Waals surface area contributed by atoms with E-state index in [-0.39, 0.29) is 36.1 Å². The maximum absolute atomic E-state index is 13.7. The fourth-order valence-electron chi connectivity index (χ4n) is 2.70. The SMILES string of the molecule is CCNC(=NCC(O)c1cc(OC)cc(OC)c1)NCCc1cc(F)ccc1F.I. The quantitative estimate of drug-likeness (QED) is 0.261. The van der Waals surface area contributed by atoms with Gasteiger partial charge in [0.15, 0.2) is 5.96 Å². The van der Waals surface area contributed by atoms with E-state index in [0.29, 0.717) is 42.5 Å². The molecular formula is C21H28F2IN3O3. The highest BCUT2D eigenvalue weighted by molar-refractivity contribution is 14.0. The molecule has 0 saturated carbocycles. The minimum Gasteiger partial charge on any atom is -0.497 e. The predicted molar refractivity (Wildman–Crippen MR) is 124 cm³/mol. The van der Waals surface area contributed by atoms with Crippen LogP contribution in [0.4, 0.5) is 8.78 Å². The molecule has 0 spiro atoms. The highest BCUT2D eigenvalue weighted by atomic mass is 127. The van der Waals surface area contributed by atoms with Gasteiger partial charge in [0.05, 0.1) is 26.9 Å². The Hall–Kier alpha value is -2.14. The van der Waals surface area contributed by atoms with Crippen LogP contribution in [0.3, 0.4) is 0 Å². The number of nitrogens with one attached hydrogen (secondary N) is 2. The van der Waals surface area contributed by atoms with Crippen LogP contribution in [0.1, 0.15) is 24.2 Å². The molecule has 0 amide bonds. The number of rotatable bonds is 9. The van der Waals surface area contributed by atoms with Crippen LogP contribution in [0, 0.1) is 11.6 Å². The number of aliphatic hydroxyl groups is 1. The molecule has 0 heterocycles. The highest BCUT2D eigenvalue weighted by Gasteiger charge is 2.11. The maximum atomic E-state index is 13.7. The molecule has 0 aliphatic heterocycles. The minimum atomic E-state index is -0.866. The van der Waals surface area contributed by atoms with E-state index in [1.165, 1.54) is 20.3 Å². The van der Waals surface area contributed by atoms with Crippen LogP contribution < -0.4 is 20.1 Å². The number of halogens is 3. The minimum absolute atomic E-state index is 0. The van der Waals surface area contributed by atoms with Gasteiger partial charge in [-0.05, 0) is 54.8 Å². The molecule has 2 aromatic carbocycles. The number of methoxy groups -OCH3 is 2. The van der Waals surface area contributed by atoms with Crippen LogP contribution in [0.5, 0.6) is 11.5 Å². The molecule has 0 fully saturated rings. The fraction of sp³-hybridized carbons (Fsp3) is 0.381. The number of nitrogens with zero attached hydrogens (tertiary/aromatic N) is 1. The summed E-state index contributed by atoms with van der Waals surface area (Å²) in [4.78, 5) is 4.37. The second-order valence-electron chi connectivity index (χ2n) is 6.29. The Labute approximate surface area is 192 Å². The van der Waals surface area contributed by atoms with Gasteiger partial charge in [-0.1, -0.05) is 0 Å². The summed E-state index contributed by atoms with van der Waals surface area (Å²) in [5.74, 6) is 0.698.